The van der Waals surface area contributed by atoms with Crippen LogP contribution in [0.1, 0.15) is 52.9 Å². The van der Waals surface area contributed by atoms with Gasteiger partial charge in [0, 0.05) is 17.8 Å². The third-order valence-corrected chi connectivity index (χ3v) is 5.20. The van der Waals surface area contributed by atoms with Crippen LogP contribution in [0.3, 0.4) is 0 Å². The minimum Gasteiger partial charge on any atom is -0.346 e. The third kappa shape index (κ3) is 3.44. The number of hydrogen-bond acceptors (Lipinski definition) is 3. The number of amides is 1. The average molecular weight is 416 g/mol. The molecule has 0 aliphatic heterocycles. The molecule has 0 bridgehead atoms. The summed E-state index contributed by atoms with van der Waals surface area (Å²) in [4.78, 5) is 12.5. The number of hydrogen-bond donors (Lipinski definition) is 2. The number of para-hydroxylation sites is 1. The van der Waals surface area contributed by atoms with Gasteiger partial charge in [-0.2, -0.15) is 10.2 Å². The predicted molar refractivity (Wildman–Crippen MR) is 105 cm³/mol. The van der Waals surface area contributed by atoms with Gasteiger partial charge in [0.25, 0.3) is 5.91 Å². The SMILES string of the molecule is Cc1nn(-c2ccccc2)c(C)c1CNC(=O)c1n[nH]c(C(C)C)c1Br. The zero-order valence-electron chi connectivity index (χ0n) is 15.3. The lowest BCUT2D eigenvalue weighted by Crippen LogP contribution is -2.24. The van der Waals surface area contributed by atoms with Crippen LogP contribution in [0.25, 0.3) is 5.69 Å². The molecule has 0 fully saturated rings. The first-order valence-electron chi connectivity index (χ1n) is 8.52. The van der Waals surface area contributed by atoms with Crippen LogP contribution >= 0.6 is 15.9 Å². The topological polar surface area (TPSA) is 75.6 Å². The summed E-state index contributed by atoms with van der Waals surface area (Å²) >= 11 is 3.47. The predicted octanol–water partition coefficient (Wildman–Crippen LogP) is 4.03. The number of halogens is 1. The van der Waals surface area contributed by atoms with E-state index in [2.05, 4.69) is 36.5 Å². The standard InChI is InChI=1S/C19H22BrN5O/c1-11(2)17-16(20)18(23-22-17)19(26)21-10-15-12(3)24-25(13(15)4)14-8-6-5-7-9-14/h5-9,11H,10H2,1-4H3,(H,21,26)(H,22,23). The van der Waals surface area contributed by atoms with E-state index in [1.165, 1.54) is 0 Å². The zero-order chi connectivity index (χ0) is 18.8. The van der Waals surface area contributed by atoms with Gasteiger partial charge >= 0.3 is 0 Å². The van der Waals surface area contributed by atoms with Gasteiger partial charge in [-0.25, -0.2) is 4.68 Å². The summed E-state index contributed by atoms with van der Waals surface area (Å²) in [7, 11) is 0. The quantitative estimate of drug-likeness (QED) is 0.660. The molecule has 2 N–H and O–H groups in total. The molecule has 0 saturated carbocycles. The minimum atomic E-state index is -0.216. The van der Waals surface area contributed by atoms with Gasteiger partial charge in [0.2, 0.25) is 0 Å². The van der Waals surface area contributed by atoms with E-state index in [4.69, 9.17) is 0 Å². The lowest BCUT2D eigenvalue weighted by Gasteiger charge is -2.07. The van der Waals surface area contributed by atoms with Crippen LogP contribution in [0.5, 0.6) is 0 Å². The van der Waals surface area contributed by atoms with Gasteiger partial charge in [0.1, 0.15) is 0 Å². The lowest BCUT2D eigenvalue weighted by molar-refractivity contribution is 0.0945. The first kappa shape index (κ1) is 18.4. The second-order valence-corrected chi connectivity index (χ2v) is 7.33. The lowest BCUT2D eigenvalue weighted by atomic mass is 10.1. The van der Waals surface area contributed by atoms with Crippen molar-refractivity contribution in [2.75, 3.05) is 0 Å². The molecule has 6 nitrogen and oxygen atoms in total. The number of benzene rings is 1. The van der Waals surface area contributed by atoms with Crippen molar-refractivity contribution in [1.29, 1.82) is 0 Å². The minimum absolute atomic E-state index is 0.216. The summed E-state index contributed by atoms with van der Waals surface area (Å²) in [5, 5.41) is 14.6. The van der Waals surface area contributed by atoms with Crippen molar-refractivity contribution in [3.8, 4) is 5.69 Å². The van der Waals surface area contributed by atoms with Crippen LogP contribution in [0.4, 0.5) is 0 Å². The monoisotopic (exact) mass is 415 g/mol. The van der Waals surface area contributed by atoms with E-state index in [0.29, 0.717) is 12.2 Å². The summed E-state index contributed by atoms with van der Waals surface area (Å²) in [6, 6.07) is 9.96. The number of nitrogens with zero attached hydrogens (tertiary/aromatic N) is 3. The molecule has 1 aromatic carbocycles. The highest BCUT2D eigenvalue weighted by atomic mass is 79.9. The van der Waals surface area contributed by atoms with Crippen LogP contribution in [-0.4, -0.2) is 25.9 Å². The number of carbonyl (C=O) groups is 1. The fraction of sp³-hybridized carbons (Fsp3) is 0.316. The summed E-state index contributed by atoms with van der Waals surface area (Å²) in [6.45, 7) is 8.46. The van der Waals surface area contributed by atoms with Gasteiger partial charge in [-0.3, -0.25) is 9.89 Å². The molecule has 0 atom stereocenters. The van der Waals surface area contributed by atoms with Crippen molar-refractivity contribution in [2.45, 2.75) is 40.2 Å². The van der Waals surface area contributed by atoms with Gasteiger partial charge in [0.05, 0.1) is 21.5 Å². The van der Waals surface area contributed by atoms with E-state index in [9.17, 15) is 4.79 Å². The average Bonchev–Trinajstić information content (AvgIpc) is 3.14. The first-order valence-corrected chi connectivity index (χ1v) is 9.32. The molecule has 0 saturated heterocycles. The van der Waals surface area contributed by atoms with E-state index in [0.717, 1.165) is 32.8 Å². The maximum Gasteiger partial charge on any atom is 0.273 e. The van der Waals surface area contributed by atoms with Crippen LogP contribution in [0.15, 0.2) is 34.8 Å². The number of rotatable bonds is 5. The van der Waals surface area contributed by atoms with E-state index in [-0.39, 0.29) is 11.8 Å². The Labute approximate surface area is 161 Å². The molecule has 0 aliphatic carbocycles. The first-order chi connectivity index (χ1) is 12.4. The Balaban J connectivity index is 1.78. The highest BCUT2D eigenvalue weighted by Gasteiger charge is 2.20. The molecule has 136 valence electrons. The maximum absolute atomic E-state index is 12.5. The second-order valence-electron chi connectivity index (χ2n) is 6.53. The van der Waals surface area contributed by atoms with Crippen molar-refractivity contribution in [3.05, 3.63) is 63.1 Å². The number of aromatic amines is 1. The molecule has 7 heteroatoms. The Hall–Kier alpha value is -2.41. The molecule has 2 aromatic heterocycles. The summed E-state index contributed by atoms with van der Waals surface area (Å²) < 4.78 is 2.62. The summed E-state index contributed by atoms with van der Waals surface area (Å²) in [5.41, 5.74) is 5.22. The molecule has 3 aromatic rings. The van der Waals surface area contributed by atoms with E-state index < -0.39 is 0 Å². The highest BCUT2D eigenvalue weighted by Crippen LogP contribution is 2.25. The maximum atomic E-state index is 12.5. The van der Waals surface area contributed by atoms with Crippen LogP contribution in [0, 0.1) is 13.8 Å². The van der Waals surface area contributed by atoms with E-state index >= 15 is 0 Å². The normalized spacial score (nSPS) is 11.2. The van der Waals surface area contributed by atoms with E-state index in [1.807, 2.05) is 62.7 Å². The van der Waals surface area contributed by atoms with Crippen LogP contribution in [0.2, 0.25) is 0 Å². The second kappa shape index (κ2) is 7.45. The molecule has 26 heavy (non-hydrogen) atoms. The Kier molecular flexibility index (Phi) is 5.27. The van der Waals surface area contributed by atoms with Crippen LogP contribution < -0.4 is 5.32 Å². The molecule has 0 unspecified atom stereocenters. The third-order valence-electron chi connectivity index (χ3n) is 4.39. The van der Waals surface area contributed by atoms with Gasteiger partial charge in [-0.15, -0.1) is 0 Å². The van der Waals surface area contributed by atoms with E-state index in [1.54, 1.807) is 0 Å². The van der Waals surface area contributed by atoms with Crippen molar-refractivity contribution in [3.63, 3.8) is 0 Å². The number of carbonyl (C=O) groups excluding carboxylic acids is 1. The molecule has 0 radical (unpaired) electrons. The van der Waals surface area contributed by atoms with Crippen molar-refractivity contribution in [2.24, 2.45) is 0 Å². The summed E-state index contributed by atoms with van der Waals surface area (Å²) in [5.74, 6) is 0.0401. The molecular weight excluding hydrogens is 394 g/mol. The Morgan fingerprint density at radius 2 is 1.96 bits per heavy atom. The van der Waals surface area contributed by atoms with Gasteiger partial charge in [-0.05, 0) is 47.8 Å². The zero-order valence-corrected chi connectivity index (χ0v) is 16.9. The van der Waals surface area contributed by atoms with Crippen LogP contribution in [-0.2, 0) is 6.54 Å². The van der Waals surface area contributed by atoms with Gasteiger partial charge in [-0.1, -0.05) is 32.0 Å². The number of nitrogens with one attached hydrogen (secondary N) is 2. The number of H-pyrrole nitrogens is 1. The molecule has 0 aliphatic rings. The molecule has 2 heterocycles. The van der Waals surface area contributed by atoms with Crippen molar-refractivity contribution in [1.82, 2.24) is 25.3 Å². The van der Waals surface area contributed by atoms with Gasteiger partial charge in [0.15, 0.2) is 5.69 Å². The summed E-state index contributed by atoms with van der Waals surface area (Å²) in [6.07, 6.45) is 0. The fourth-order valence-electron chi connectivity index (χ4n) is 2.88. The highest BCUT2D eigenvalue weighted by molar-refractivity contribution is 9.10. The molecule has 1 amide bonds. The largest absolute Gasteiger partial charge is 0.346 e. The number of aromatic nitrogens is 4. The Bertz CT molecular complexity index is 927. The van der Waals surface area contributed by atoms with Crippen molar-refractivity contribution >= 4 is 21.8 Å². The Morgan fingerprint density at radius 3 is 2.58 bits per heavy atom. The molecular formula is C19H22BrN5O. The molecule has 3 rings (SSSR count). The smallest absolute Gasteiger partial charge is 0.273 e. The fourth-order valence-corrected chi connectivity index (χ4v) is 3.69. The van der Waals surface area contributed by atoms with Gasteiger partial charge < -0.3 is 5.32 Å². The Morgan fingerprint density at radius 1 is 1.27 bits per heavy atom. The molecule has 0 spiro atoms. The number of aryl methyl sites for hydroxylation is 1. The van der Waals surface area contributed by atoms with Crippen molar-refractivity contribution < 1.29 is 4.79 Å².